The van der Waals surface area contributed by atoms with Gasteiger partial charge in [-0.15, -0.1) is 0 Å². The molecule has 3 rings (SSSR count). The third-order valence-corrected chi connectivity index (χ3v) is 5.93. The van der Waals surface area contributed by atoms with Crippen molar-refractivity contribution in [3.05, 3.63) is 28.8 Å². The van der Waals surface area contributed by atoms with Gasteiger partial charge in [-0.1, -0.05) is 6.07 Å². The van der Waals surface area contributed by atoms with E-state index in [9.17, 15) is 13.2 Å². The van der Waals surface area contributed by atoms with Crippen molar-refractivity contribution in [2.75, 3.05) is 19.3 Å². The average Bonchev–Trinajstić information content (AvgIpc) is 2.40. The van der Waals surface area contributed by atoms with Crippen molar-refractivity contribution >= 4 is 15.8 Å². The molecule has 6 heteroatoms. The van der Waals surface area contributed by atoms with Crippen LogP contribution in [0.5, 0.6) is 5.75 Å². The molecule has 1 aromatic carbocycles. The highest BCUT2D eigenvalue weighted by molar-refractivity contribution is 7.88. The zero-order valence-corrected chi connectivity index (χ0v) is 14.0. The first-order chi connectivity index (χ1) is 10.2. The van der Waals surface area contributed by atoms with Gasteiger partial charge in [-0.05, 0) is 31.0 Å². The van der Waals surface area contributed by atoms with E-state index in [2.05, 4.69) is 0 Å². The van der Waals surface area contributed by atoms with Gasteiger partial charge in [0.05, 0.1) is 18.2 Å². The van der Waals surface area contributed by atoms with E-state index in [4.69, 9.17) is 4.74 Å². The normalized spacial score (nSPS) is 21.5. The molecule has 1 saturated heterocycles. The number of ether oxygens (including phenoxy) is 1. The number of hydrogen-bond acceptors (Lipinski definition) is 4. The SMILES string of the molecule is Cc1cc(C)c2c(c1)C(=O)CC1(CCN(S(C)(=O)=O)CC1)O2. The summed E-state index contributed by atoms with van der Waals surface area (Å²) in [5.74, 6) is 0.774. The molecule has 0 amide bonds. The molecule has 2 heterocycles. The standard InChI is InChI=1S/C16H21NO4S/c1-11-8-12(2)15-13(9-11)14(18)10-16(21-15)4-6-17(7-5-16)22(3,19)20/h8-9H,4-7,10H2,1-3H3. The number of sulfonamides is 1. The van der Waals surface area contributed by atoms with Gasteiger partial charge in [0.25, 0.3) is 0 Å². The van der Waals surface area contributed by atoms with Crippen LogP contribution in [0.4, 0.5) is 0 Å². The molecule has 0 atom stereocenters. The maximum atomic E-state index is 12.5. The van der Waals surface area contributed by atoms with Gasteiger partial charge < -0.3 is 4.74 Å². The third kappa shape index (κ3) is 2.65. The van der Waals surface area contributed by atoms with Gasteiger partial charge in [0.15, 0.2) is 5.78 Å². The number of carbonyl (C=O) groups is 1. The average molecular weight is 323 g/mol. The maximum absolute atomic E-state index is 12.5. The number of piperidine rings is 1. The fourth-order valence-electron chi connectivity index (χ4n) is 3.44. The van der Waals surface area contributed by atoms with Crippen LogP contribution < -0.4 is 4.74 Å². The fourth-order valence-corrected chi connectivity index (χ4v) is 4.29. The zero-order chi connectivity index (χ0) is 16.1. The summed E-state index contributed by atoms with van der Waals surface area (Å²) in [5, 5.41) is 0. The highest BCUT2D eigenvalue weighted by Crippen LogP contribution is 2.41. The van der Waals surface area contributed by atoms with Crippen molar-refractivity contribution in [3.8, 4) is 5.75 Å². The molecule has 5 nitrogen and oxygen atoms in total. The van der Waals surface area contributed by atoms with Crippen LogP contribution in [0.1, 0.15) is 40.7 Å². The number of nitrogens with zero attached hydrogens (tertiary/aromatic N) is 1. The highest BCUT2D eigenvalue weighted by atomic mass is 32.2. The number of rotatable bonds is 1. The van der Waals surface area contributed by atoms with E-state index in [0.29, 0.717) is 43.7 Å². The van der Waals surface area contributed by atoms with Crippen molar-refractivity contribution < 1.29 is 17.9 Å². The zero-order valence-electron chi connectivity index (χ0n) is 13.2. The topological polar surface area (TPSA) is 63.7 Å². The first kappa shape index (κ1) is 15.5. The monoisotopic (exact) mass is 323 g/mol. The van der Waals surface area contributed by atoms with Crippen LogP contribution in [0, 0.1) is 13.8 Å². The third-order valence-electron chi connectivity index (χ3n) is 4.62. The Balaban J connectivity index is 1.89. The lowest BCUT2D eigenvalue weighted by Crippen LogP contribution is -2.52. The molecule has 22 heavy (non-hydrogen) atoms. The van der Waals surface area contributed by atoms with E-state index >= 15 is 0 Å². The molecular weight excluding hydrogens is 302 g/mol. The van der Waals surface area contributed by atoms with Gasteiger partial charge in [0.2, 0.25) is 10.0 Å². The molecule has 2 aliphatic rings. The largest absolute Gasteiger partial charge is 0.486 e. The van der Waals surface area contributed by atoms with Crippen LogP contribution in [-0.4, -0.2) is 43.5 Å². The fraction of sp³-hybridized carbons (Fsp3) is 0.562. The van der Waals surface area contributed by atoms with Gasteiger partial charge in [-0.2, -0.15) is 0 Å². The van der Waals surface area contributed by atoms with Crippen LogP contribution in [0.2, 0.25) is 0 Å². The smallest absolute Gasteiger partial charge is 0.211 e. The molecule has 0 aliphatic carbocycles. The predicted octanol–water partition coefficient (Wildman–Crippen LogP) is 2.06. The minimum atomic E-state index is -3.18. The summed E-state index contributed by atoms with van der Waals surface area (Å²) in [5.41, 5.74) is 2.13. The molecule has 1 fully saturated rings. The number of carbonyl (C=O) groups excluding carboxylic acids is 1. The lowest BCUT2D eigenvalue weighted by molar-refractivity contribution is 0.00545. The van der Waals surface area contributed by atoms with Gasteiger partial charge in [0, 0.05) is 25.9 Å². The number of Topliss-reactive ketones (excluding diaryl/α,β-unsaturated/α-hetero) is 1. The summed E-state index contributed by atoms with van der Waals surface area (Å²) in [6.07, 6.45) is 2.66. The van der Waals surface area contributed by atoms with E-state index in [1.54, 1.807) is 0 Å². The van der Waals surface area contributed by atoms with Crippen LogP contribution in [0.15, 0.2) is 12.1 Å². The lowest BCUT2D eigenvalue weighted by atomic mass is 9.82. The van der Waals surface area contributed by atoms with E-state index in [-0.39, 0.29) is 5.78 Å². The van der Waals surface area contributed by atoms with E-state index in [1.807, 2.05) is 26.0 Å². The highest BCUT2D eigenvalue weighted by Gasteiger charge is 2.44. The molecule has 0 aromatic heterocycles. The summed E-state index contributed by atoms with van der Waals surface area (Å²) < 4.78 is 31.0. The molecule has 2 aliphatic heterocycles. The summed E-state index contributed by atoms with van der Waals surface area (Å²) in [6, 6.07) is 3.89. The molecular formula is C16H21NO4S. The Kier molecular flexibility index (Phi) is 3.57. The second-order valence-corrected chi connectivity index (χ2v) is 8.49. The van der Waals surface area contributed by atoms with Crippen molar-refractivity contribution in [1.29, 1.82) is 0 Å². The molecule has 1 aromatic rings. The summed E-state index contributed by atoms with van der Waals surface area (Å²) >= 11 is 0. The number of hydrogen-bond donors (Lipinski definition) is 0. The van der Waals surface area contributed by atoms with Gasteiger partial charge >= 0.3 is 0 Å². The van der Waals surface area contributed by atoms with Crippen LogP contribution in [-0.2, 0) is 10.0 Å². The molecule has 0 radical (unpaired) electrons. The Labute approximate surface area is 131 Å². The minimum Gasteiger partial charge on any atom is -0.486 e. The van der Waals surface area contributed by atoms with E-state index in [0.717, 1.165) is 11.1 Å². The van der Waals surface area contributed by atoms with Gasteiger partial charge in [0.1, 0.15) is 11.4 Å². The van der Waals surface area contributed by atoms with Crippen LogP contribution in [0.25, 0.3) is 0 Å². The summed E-state index contributed by atoms with van der Waals surface area (Å²) in [6.45, 7) is 4.73. The molecule has 1 spiro atoms. The summed E-state index contributed by atoms with van der Waals surface area (Å²) in [4.78, 5) is 12.5. The second-order valence-electron chi connectivity index (χ2n) is 6.51. The number of ketones is 1. The predicted molar refractivity (Wildman–Crippen MR) is 83.9 cm³/mol. The maximum Gasteiger partial charge on any atom is 0.211 e. The Morgan fingerprint density at radius 3 is 2.41 bits per heavy atom. The number of fused-ring (bicyclic) bond motifs is 1. The van der Waals surface area contributed by atoms with Crippen LogP contribution >= 0.6 is 0 Å². The van der Waals surface area contributed by atoms with Gasteiger partial charge in [-0.3, -0.25) is 4.79 Å². The Bertz CT molecular complexity index is 731. The Morgan fingerprint density at radius 2 is 1.82 bits per heavy atom. The minimum absolute atomic E-state index is 0.0980. The van der Waals surface area contributed by atoms with E-state index < -0.39 is 15.6 Å². The van der Waals surface area contributed by atoms with Crippen LogP contribution in [0.3, 0.4) is 0 Å². The van der Waals surface area contributed by atoms with Gasteiger partial charge in [-0.25, -0.2) is 12.7 Å². The van der Waals surface area contributed by atoms with Crippen molar-refractivity contribution in [2.24, 2.45) is 0 Å². The van der Waals surface area contributed by atoms with Crippen molar-refractivity contribution in [2.45, 2.75) is 38.7 Å². The van der Waals surface area contributed by atoms with E-state index in [1.165, 1.54) is 10.6 Å². The Hall–Kier alpha value is -1.40. The molecule has 0 saturated carbocycles. The quantitative estimate of drug-likeness (QED) is 0.793. The summed E-state index contributed by atoms with van der Waals surface area (Å²) in [7, 11) is -3.18. The molecule has 0 N–H and O–H groups in total. The first-order valence-corrected chi connectivity index (χ1v) is 9.34. The molecule has 0 bridgehead atoms. The second kappa shape index (κ2) is 5.06. The molecule has 0 unspecified atom stereocenters. The first-order valence-electron chi connectivity index (χ1n) is 7.49. The molecule has 120 valence electrons. The Morgan fingerprint density at radius 1 is 1.18 bits per heavy atom. The van der Waals surface area contributed by atoms with Crippen molar-refractivity contribution in [3.63, 3.8) is 0 Å². The lowest BCUT2D eigenvalue weighted by Gasteiger charge is -2.43. The number of benzene rings is 1. The van der Waals surface area contributed by atoms with Crippen molar-refractivity contribution in [1.82, 2.24) is 4.31 Å². The number of aryl methyl sites for hydroxylation is 2.